The van der Waals surface area contributed by atoms with Crippen molar-refractivity contribution in [3.05, 3.63) is 35.9 Å². The van der Waals surface area contributed by atoms with Gasteiger partial charge in [-0.05, 0) is 36.7 Å². The molecule has 0 aromatic heterocycles. The van der Waals surface area contributed by atoms with Crippen LogP contribution in [0.25, 0.3) is 0 Å². The molecule has 224 valence electrons. The monoisotopic (exact) mass is 571 g/mol. The molecule has 12 heteroatoms. The van der Waals surface area contributed by atoms with Gasteiger partial charge in [0.05, 0.1) is 0 Å². The Morgan fingerprint density at radius 3 is 2.29 bits per heavy atom. The summed E-state index contributed by atoms with van der Waals surface area (Å²) in [7, 11) is 0. The molecule has 0 saturated carbocycles. The number of primary amides is 1. The van der Waals surface area contributed by atoms with Crippen LogP contribution >= 0.6 is 0 Å². The first-order chi connectivity index (χ1) is 19.5. The third-order valence-electron chi connectivity index (χ3n) is 7.80. The first-order valence-electron chi connectivity index (χ1n) is 14.2. The molecule has 6 amide bonds. The van der Waals surface area contributed by atoms with Gasteiger partial charge in [-0.2, -0.15) is 0 Å². The van der Waals surface area contributed by atoms with Crippen LogP contribution in [0.5, 0.6) is 0 Å². The van der Waals surface area contributed by atoms with Gasteiger partial charge >= 0.3 is 6.09 Å². The molecule has 2 saturated heterocycles. The van der Waals surface area contributed by atoms with E-state index in [2.05, 4.69) is 10.6 Å². The standard InChI is InChI=1S/C29H41N5O7/c1-5-18(4)24(27(38)31-23(17(2)3)28(39)33-15-9-12-20(33)25(30)36)32-26(37)21-13-14-22(35)34(21)29(40)41-16-19-10-7-6-8-11-19/h6-8,10-11,17-18,20-21,23-24H,5,9,12-16H2,1-4H3,(H2,30,36)(H,31,38)(H,32,37)/t18-,20+,21-,23-,24+/m0/s1. The molecule has 2 aliphatic rings. The van der Waals surface area contributed by atoms with Gasteiger partial charge in [0.15, 0.2) is 0 Å². The molecule has 2 heterocycles. The maximum absolute atomic E-state index is 13.5. The summed E-state index contributed by atoms with van der Waals surface area (Å²) in [6.07, 6.45) is 0.780. The Morgan fingerprint density at radius 1 is 1.00 bits per heavy atom. The summed E-state index contributed by atoms with van der Waals surface area (Å²) in [5.41, 5.74) is 6.22. The molecule has 0 aliphatic carbocycles. The van der Waals surface area contributed by atoms with Gasteiger partial charge < -0.3 is 26.0 Å². The number of imide groups is 1. The van der Waals surface area contributed by atoms with Gasteiger partial charge in [-0.25, -0.2) is 9.69 Å². The second-order valence-corrected chi connectivity index (χ2v) is 11.1. The molecule has 0 bridgehead atoms. The molecular weight excluding hydrogens is 530 g/mol. The van der Waals surface area contributed by atoms with Crippen LogP contribution in [0, 0.1) is 11.8 Å². The second-order valence-electron chi connectivity index (χ2n) is 11.1. The van der Waals surface area contributed by atoms with Crippen LogP contribution in [0.2, 0.25) is 0 Å². The van der Waals surface area contributed by atoms with E-state index in [0.29, 0.717) is 25.8 Å². The quantitative estimate of drug-likeness (QED) is 0.361. The molecule has 4 N–H and O–H groups in total. The van der Waals surface area contributed by atoms with Gasteiger partial charge in [-0.15, -0.1) is 0 Å². The fraction of sp³-hybridized carbons (Fsp3) is 0.586. The zero-order valence-corrected chi connectivity index (χ0v) is 24.1. The lowest BCUT2D eigenvalue weighted by atomic mass is 9.95. The normalized spacial score (nSPS) is 20.9. The Hall–Kier alpha value is -3.96. The first kappa shape index (κ1) is 31.6. The van der Waals surface area contributed by atoms with Gasteiger partial charge in [0.25, 0.3) is 0 Å². The lowest BCUT2D eigenvalue weighted by Gasteiger charge is -2.32. The van der Waals surface area contributed by atoms with Crippen molar-refractivity contribution in [2.24, 2.45) is 17.6 Å². The van der Waals surface area contributed by atoms with Crippen molar-refractivity contribution in [2.45, 2.75) is 90.6 Å². The van der Waals surface area contributed by atoms with Crippen molar-refractivity contribution in [3.63, 3.8) is 0 Å². The van der Waals surface area contributed by atoms with Crippen LogP contribution in [-0.2, 0) is 35.3 Å². The molecule has 2 aliphatic heterocycles. The van der Waals surface area contributed by atoms with Crippen LogP contribution in [0.3, 0.4) is 0 Å². The van der Waals surface area contributed by atoms with Crippen LogP contribution in [0.1, 0.15) is 65.4 Å². The summed E-state index contributed by atoms with van der Waals surface area (Å²) in [5.74, 6) is -3.40. The Bertz CT molecular complexity index is 1140. The maximum atomic E-state index is 13.5. The molecule has 5 atom stereocenters. The predicted octanol–water partition coefficient (Wildman–Crippen LogP) is 1.46. The Labute approximate surface area is 240 Å². The number of carbonyl (C=O) groups excluding carboxylic acids is 6. The number of carbonyl (C=O) groups is 6. The molecule has 0 radical (unpaired) electrons. The largest absolute Gasteiger partial charge is 0.444 e. The number of benzene rings is 1. The number of hydrogen-bond donors (Lipinski definition) is 3. The minimum Gasteiger partial charge on any atom is -0.444 e. The zero-order chi connectivity index (χ0) is 30.3. The summed E-state index contributed by atoms with van der Waals surface area (Å²) in [5, 5.41) is 5.49. The molecule has 1 aromatic rings. The van der Waals surface area contributed by atoms with E-state index in [9.17, 15) is 28.8 Å². The van der Waals surface area contributed by atoms with Crippen LogP contribution in [-0.4, -0.2) is 76.1 Å². The van der Waals surface area contributed by atoms with E-state index in [1.54, 1.807) is 45.0 Å². The number of nitrogens with two attached hydrogens (primary N) is 1. The van der Waals surface area contributed by atoms with Gasteiger partial charge in [-0.3, -0.25) is 24.0 Å². The van der Waals surface area contributed by atoms with E-state index >= 15 is 0 Å². The highest BCUT2D eigenvalue weighted by atomic mass is 16.6. The Kier molecular flexibility index (Phi) is 10.8. The number of hydrogen-bond acceptors (Lipinski definition) is 7. The van der Waals surface area contributed by atoms with Crippen molar-refractivity contribution in [2.75, 3.05) is 6.54 Å². The van der Waals surface area contributed by atoms with Gasteiger partial charge in [0.1, 0.15) is 30.8 Å². The van der Waals surface area contributed by atoms with Crippen molar-refractivity contribution in [1.29, 1.82) is 0 Å². The number of likely N-dealkylation sites (tertiary alicyclic amines) is 2. The zero-order valence-electron chi connectivity index (χ0n) is 24.1. The molecule has 12 nitrogen and oxygen atoms in total. The average Bonchev–Trinajstić information content (AvgIpc) is 3.60. The summed E-state index contributed by atoms with van der Waals surface area (Å²) in [6, 6.07) is 5.11. The number of rotatable bonds is 11. The van der Waals surface area contributed by atoms with Crippen molar-refractivity contribution < 1.29 is 33.5 Å². The van der Waals surface area contributed by atoms with E-state index in [1.165, 1.54) is 4.90 Å². The molecular formula is C29H41N5O7. The molecule has 0 unspecified atom stereocenters. The maximum Gasteiger partial charge on any atom is 0.417 e. The average molecular weight is 572 g/mol. The Morgan fingerprint density at radius 2 is 1.68 bits per heavy atom. The predicted molar refractivity (Wildman–Crippen MR) is 149 cm³/mol. The molecule has 2 fully saturated rings. The third-order valence-corrected chi connectivity index (χ3v) is 7.80. The van der Waals surface area contributed by atoms with Crippen LogP contribution < -0.4 is 16.4 Å². The topological polar surface area (TPSA) is 168 Å². The van der Waals surface area contributed by atoms with Crippen LogP contribution in [0.4, 0.5) is 4.79 Å². The fourth-order valence-electron chi connectivity index (χ4n) is 5.16. The fourth-order valence-corrected chi connectivity index (χ4v) is 5.16. The Balaban J connectivity index is 1.71. The number of nitrogens with one attached hydrogen (secondary N) is 2. The van der Waals surface area contributed by atoms with Crippen molar-refractivity contribution in [1.82, 2.24) is 20.4 Å². The number of amides is 6. The van der Waals surface area contributed by atoms with E-state index in [-0.39, 0.29) is 31.3 Å². The van der Waals surface area contributed by atoms with Gasteiger partial charge in [-0.1, -0.05) is 64.4 Å². The minimum absolute atomic E-state index is 0.0144. The van der Waals surface area contributed by atoms with E-state index < -0.39 is 59.8 Å². The highest BCUT2D eigenvalue weighted by Gasteiger charge is 2.43. The lowest BCUT2D eigenvalue weighted by molar-refractivity contribution is -0.142. The smallest absolute Gasteiger partial charge is 0.417 e. The molecule has 41 heavy (non-hydrogen) atoms. The van der Waals surface area contributed by atoms with Crippen molar-refractivity contribution >= 4 is 35.6 Å². The summed E-state index contributed by atoms with van der Waals surface area (Å²) < 4.78 is 5.30. The summed E-state index contributed by atoms with van der Waals surface area (Å²) in [6.45, 7) is 7.50. The van der Waals surface area contributed by atoms with Crippen molar-refractivity contribution in [3.8, 4) is 0 Å². The molecule has 0 spiro atoms. The van der Waals surface area contributed by atoms with E-state index in [0.717, 1.165) is 10.5 Å². The molecule has 3 rings (SSSR count). The highest BCUT2D eigenvalue weighted by Crippen LogP contribution is 2.23. The van der Waals surface area contributed by atoms with E-state index in [1.807, 2.05) is 13.0 Å². The molecule has 1 aromatic carbocycles. The first-order valence-corrected chi connectivity index (χ1v) is 14.2. The second kappa shape index (κ2) is 14.1. The number of ether oxygens (including phenoxy) is 1. The van der Waals surface area contributed by atoms with Crippen LogP contribution in [0.15, 0.2) is 30.3 Å². The third kappa shape index (κ3) is 7.62. The lowest BCUT2D eigenvalue weighted by Crippen LogP contribution is -2.60. The van der Waals surface area contributed by atoms with Gasteiger partial charge in [0.2, 0.25) is 29.5 Å². The highest BCUT2D eigenvalue weighted by molar-refractivity contribution is 6.02. The minimum atomic E-state index is -1.13. The van der Waals surface area contributed by atoms with Gasteiger partial charge in [0, 0.05) is 13.0 Å². The van der Waals surface area contributed by atoms with E-state index in [4.69, 9.17) is 10.5 Å². The summed E-state index contributed by atoms with van der Waals surface area (Å²) >= 11 is 0. The SMILES string of the molecule is CC[C@H](C)[C@@H](NC(=O)[C@@H]1CCC(=O)N1C(=O)OCc1ccccc1)C(=O)N[C@H](C(=O)N1CCC[C@@H]1C(N)=O)C(C)C. The summed E-state index contributed by atoms with van der Waals surface area (Å²) in [4.78, 5) is 79.7. The number of nitrogens with zero attached hydrogens (tertiary/aromatic N) is 2.